The Morgan fingerprint density at radius 1 is 0.374 bits per heavy atom. The van der Waals surface area contributed by atoms with Crippen LogP contribution < -0.4 is 5.32 Å². The van der Waals surface area contributed by atoms with E-state index in [0.29, 0.717) is 19.4 Å². The molecule has 11 heteroatoms. The number of unbranched alkanes of at least 4 members (excludes halogenated alkanes) is 52. The van der Waals surface area contributed by atoms with Gasteiger partial charge in [-0.15, -0.1) is 0 Å². The number of nitrogens with one attached hydrogen (secondary N) is 1. The van der Waals surface area contributed by atoms with Crippen LogP contribution in [0, 0.1) is 0 Å². The maximum atomic E-state index is 13.1. The Hall–Kier alpha value is -2.90. The number of hydrogen-bond acceptors (Lipinski definition) is 10. The molecule has 7 atom stereocenters. The zero-order valence-electron chi connectivity index (χ0n) is 64.7. The molecular weight excluding hydrogens is 1230 g/mol. The molecule has 0 saturated carbocycles. The van der Waals surface area contributed by atoms with Gasteiger partial charge in [-0.3, -0.25) is 9.59 Å². The van der Waals surface area contributed by atoms with Crippen LogP contribution in [0.25, 0.3) is 0 Å². The van der Waals surface area contributed by atoms with Crippen LogP contribution in [0.1, 0.15) is 412 Å². The van der Waals surface area contributed by atoms with E-state index in [9.17, 15) is 35.1 Å². The van der Waals surface area contributed by atoms with Gasteiger partial charge in [-0.25, -0.2) is 0 Å². The Bertz CT molecular complexity index is 1880. The smallest absolute Gasteiger partial charge is 0.305 e. The molecule has 99 heavy (non-hydrogen) atoms. The van der Waals surface area contributed by atoms with E-state index >= 15 is 0 Å². The molecule has 0 aliphatic carbocycles. The highest BCUT2D eigenvalue weighted by molar-refractivity contribution is 5.76. The van der Waals surface area contributed by atoms with Crippen molar-refractivity contribution in [2.75, 3.05) is 19.8 Å². The first-order chi connectivity index (χ1) is 48.7. The van der Waals surface area contributed by atoms with Gasteiger partial charge in [-0.05, 0) is 116 Å². The van der Waals surface area contributed by atoms with Gasteiger partial charge in [-0.1, -0.05) is 356 Å². The van der Waals surface area contributed by atoms with Gasteiger partial charge in [0.05, 0.1) is 32.0 Å². The summed E-state index contributed by atoms with van der Waals surface area (Å²) in [6, 6.07) is -0.834. The fourth-order valence-corrected chi connectivity index (χ4v) is 13.3. The van der Waals surface area contributed by atoms with E-state index in [0.717, 1.165) is 77.0 Å². The lowest BCUT2D eigenvalue weighted by atomic mass is 9.99. The molecule has 0 spiro atoms. The van der Waals surface area contributed by atoms with Gasteiger partial charge < -0.3 is 45.1 Å². The number of aliphatic hydroxyl groups is 5. The Morgan fingerprint density at radius 2 is 0.687 bits per heavy atom. The summed E-state index contributed by atoms with van der Waals surface area (Å²) >= 11 is 0. The molecule has 0 radical (unpaired) electrons. The third-order valence-corrected chi connectivity index (χ3v) is 20.0. The van der Waals surface area contributed by atoms with Gasteiger partial charge in [-0.2, -0.15) is 0 Å². The highest BCUT2D eigenvalue weighted by atomic mass is 16.7. The van der Waals surface area contributed by atoms with E-state index in [1.807, 2.05) is 6.08 Å². The summed E-state index contributed by atoms with van der Waals surface area (Å²) in [6.07, 6.45) is 95.3. The Morgan fingerprint density at radius 3 is 1.08 bits per heavy atom. The number of carbonyl (C=O) groups is 2. The van der Waals surface area contributed by atoms with Gasteiger partial charge >= 0.3 is 5.97 Å². The fraction of sp³-hybridized carbons (Fsp3) is 0.841. The van der Waals surface area contributed by atoms with Gasteiger partial charge in [0.1, 0.15) is 24.4 Å². The molecule has 1 aliphatic heterocycles. The maximum absolute atomic E-state index is 13.1. The Kier molecular flexibility index (Phi) is 72.5. The van der Waals surface area contributed by atoms with Crippen LogP contribution in [0.15, 0.2) is 72.9 Å². The third-order valence-electron chi connectivity index (χ3n) is 20.0. The fourth-order valence-electron chi connectivity index (χ4n) is 13.3. The quantitative estimate of drug-likeness (QED) is 0.0195. The van der Waals surface area contributed by atoms with E-state index < -0.39 is 49.5 Å². The third kappa shape index (κ3) is 64.4. The molecule has 0 aromatic carbocycles. The van der Waals surface area contributed by atoms with Crippen LogP contribution in [0.5, 0.6) is 0 Å². The van der Waals surface area contributed by atoms with Gasteiger partial charge in [0, 0.05) is 12.8 Å². The van der Waals surface area contributed by atoms with Crippen LogP contribution in [-0.2, 0) is 23.8 Å². The molecule has 11 nitrogen and oxygen atoms in total. The number of allylic oxidation sites excluding steroid dienone is 11. The summed E-state index contributed by atoms with van der Waals surface area (Å²) < 4.78 is 16.8. The van der Waals surface area contributed by atoms with Gasteiger partial charge in [0.2, 0.25) is 5.91 Å². The minimum absolute atomic E-state index is 0.0142. The number of rotatable bonds is 76. The van der Waals surface area contributed by atoms with Crippen LogP contribution in [0.4, 0.5) is 0 Å². The average molecular weight is 1390 g/mol. The summed E-state index contributed by atoms with van der Waals surface area (Å²) in [5.74, 6) is -0.179. The Labute approximate surface area is 611 Å². The second-order valence-corrected chi connectivity index (χ2v) is 29.5. The molecule has 6 N–H and O–H groups in total. The zero-order valence-corrected chi connectivity index (χ0v) is 64.7. The molecule has 1 fully saturated rings. The molecule has 1 amide bonds. The summed E-state index contributed by atoms with van der Waals surface area (Å²) in [7, 11) is 0. The molecule has 0 aromatic rings. The molecule has 7 unspecified atom stereocenters. The van der Waals surface area contributed by atoms with Crippen molar-refractivity contribution in [1.29, 1.82) is 0 Å². The van der Waals surface area contributed by atoms with Crippen LogP contribution in [0.2, 0.25) is 0 Å². The van der Waals surface area contributed by atoms with E-state index in [1.54, 1.807) is 6.08 Å². The summed E-state index contributed by atoms with van der Waals surface area (Å²) in [6.45, 7) is 4.33. The van der Waals surface area contributed by atoms with Crippen molar-refractivity contribution >= 4 is 11.9 Å². The largest absolute Gasteiger partial charge is 0.466 e. The Balaban J connectivity index is 1.88. The number of esters is 1. The minimum Gasteiger partial charge on any atom is -0.466 e. The average Bonchev–Trinajstić information content (AvgIpc) is 0.834. The highest BCUT2D eigenvalue weighted by Gasteiger charge is 2.44. The molecule has 1 aliphatic rings. The van der Waals surface area contributed by atoms with Crippen molar-refractivity contribution in [2.45, 2.75) is 455 Å². The van der Waals surface area contributed by atoms with E-state index in [2.05, 4.69) is 79.9 Å². The molecule has 1 saturated heterocycles. The molecule has 578 valence electrons. The standard InChI is InChI=1S/C88H161NO10/c1-3-5-7-9-11-13-15-17-18-19-41-45-48-52-56-60-64-68-72-76-84(93)97-77-73-69-65-61-57-53-49-46-43-40-38-36-34-32-30-28-26-24-22-20-21-23-25-27-29-31-33-35-37-39-42-44-47-51-55-59-63-67-71-75-83(92)89-80(79-98-88-87(96)86(95)85(94)82(78-90)99-88)81(91)74-70-66-62-58-54-50-16-14-12-10-8-6-4-2/h12,14,17-18,20-21,24,26,54,58,70,74,80-82,85-88,90-91,94-96H,3-11,13,15-16,19,22-23,25,27-53,55-57,59-69,71-73,75-79H2,1-2H3,(H,89,92)/b14-12+,18-17-,21-20-,26-24-,58-54+,74-70+. The number of amides is 1. The van der Waals surface area contributed by atoms with E-state index in [1.165, 1.54) is 308 Å². The normalized spacial score (nSPS) is 17.5. The van der Waals surface area contributed by atoms with Crippen molar-refractivity contribution in [3.63, 3.8) is 0 Å². The monoisotopic (exact) mass is 1390 g/mol. The second-order valence-electron chi connectivity index (χ2n) is 29.5. The number of ether oxygens (including phenoxy) is 3. The minimum atomic E-state index is -1.58. The van der Waals surface area contributed by atoms with Crippen molar-refractivity contribution in [2.24, 2.45) is 0 Å². The number of aliphatic hydroxyl groups excluding tert-OH is 5. The number of hydrogen-bond donors (Lipinski definition) is 6. The molecule has 1 rings (SSSR count). The summed E-state index contributed by atoms with van der Waals surface area (Å²) in [5, 5.41) is 54.5. The van der Waals surface area contributed by atoms with E-state index in [-0.39, 0.29) is 18.5 Å². The maximum Gasteiger partial charge on any atom is 0.305 e. The lowest BCUT2D eigenvalue weighted by Crippen LogP contribution is -2.60. The van der Waals surface area contributed by atoms with Gasteiger partial charge in [0.25, 0.3) is 0 Å². The summed E-state index contributed by atoms with van der Waals surface area (Å²) in [4.78, 5) is 25.2. The van der Waals surface area contributed by atoms with Crippen LogP contribution in [-0.4, -0.2) is 100 Å². The first-order valence-corrected chi connectivity index (χ1v) is 42.7. The molecule has 0 bridgehead atoms. The predicted octanol–water partition coefficient (Wildman–Crippen LogP) is 23.8. The van der Waals surface area contributed by atoms with Crippen molar-refractivity contribution in [1.82, 2.24) is 5.32 Å². The van der Waals surface area contributed by atoms with E-state index in [4.69, 9.17) is 14.2 Å². The zero-order chi connectivity index (χ0) is 71.5. The van der Waals surface area contributed by atoms with Gasteiger partial charge in [0.15, 0.2) is 6.29 Å². The highest BCUT2D eigenvalue weighted by Crippen LogP contribution is 2.24. The van der Waals surface area contributed by atoms with Crippen molar-refractivity contribution < 1.29 is 49.3 Å². The summed E-state index contributed by atoms with van der Waals surface area (Å²) in [5.41, 5.74) is 0. The number of carbonyl (C=O) groups excluding carboxylic acids is 2. The predicted molar refractivity (Wildman–Crippen MR) is 421 cm³/mol. The topological polar surface area (TPSA) is 175 Å². The molecular formula is C88H161NO10. The lowest BCUT2D eigenvalue weighted by molar-refractivity contribution is -0.302. The first-order valence-electron chi connectivity index (χ1n) is 42.7. The molecule has 0 aromatic heterocycles. The SMILES string of the molecule is CCCCC/C=C/CC/C=C/CC/C=C/C(O)C(COC1OC(CO)C(O)C(O)C1O)NC(=O)CCCCCCCCCCCCCCCCCCC/C=C\C/C=C\CCCCCCCCCCCCCCCCCOC(=O)CCCCCCCCCCC/C=C\CCCCCCCC. The second kappa shape index (κ2) is 76.2. The van der Waals surface area contributed by atoms with Crippen molar-refractivity contribution in [3.05, 3.63) is 72.9 Å². The first kappa shape index (κ1) is 94.1. The van der Waals surface area contributed by atoms with Crippen LogP contribution >= 0.6 is 0 Å². The molecule has 1 heterocycles. The van der Waals surface area contributed by atoms with Crippen LogP contribution in [0.3, 0.4) is 0 Å². The van der Waals surface area contributed by atoms with Crippen molar-refractivity contribution in [3.8, 4) is 0 Å². The lowest BCUT2D eigenvalue weighted by Gasteiger charge is -2.40.